The van der Waals surface area contributed by atoms with E-state index in [-0.39, 0.29) is 0 Å². The summed E-state index contributed by atoms with van der Waals surface area (Å²) in [6.07, 6.45) is 0. The maximum Gasteiger partial charge on any atom is 0.227 e. The summed E-state index contributed by atoms with van der Waals surface area (Å²) >= 11 is 0. The Balaban J connectivity index is 1.71. The lowest BCUT2D eigenvalue weighted by Gasteiger charge is -2.34. The molecule has 1 saturated heterocycles. The van der Waals surface area contributed by atoms with Crippen LogP contribution in [0, 0.1) is 6.92 Å². The first-order valence-electron chi connectivity index (χ1n) is 9.00. The number of nitrogens with zero attached hydrogens (tertiary/aromatic N) is 4. The number of ether oxygens (including phenoxy) is 1. The van der Waals surface area contributed by atoms with E-state index in [1.807, 2.05) is 44.2 Å². The van der Waals surface area contributed by atoms with Crippen LogP contribution in [-0.4, -0.2) is 54.2 Å². The van der Waals surface area contributed by atoms with Gasteiger partial charge >= 0.3 is 0 Å². The summed E-state index contributed by atoms with van der Waals surface area (Å²) in [5.41, 5.74) is 1.96. The van der Waals surface area contributed by atoms with Gasteiger partial charge in [-0.05, 0) is 44.7 Å². The Morgan fingerprint density at radius 2 is 1.76 bits per heavy atom. The molecule has 0 atom stereocenters. The summed E-state index contributed by atoms with van der Waals surface area (Å²) < 4.78 is 5.48. The Labute approximate surface area is 149 Å². The van der Waals surface area contributed by atoms with Crippen molar-refractivity contribution in [2.24, 2.45) is 0 Å². The molecule has 0 unspecified atom stereocenters. The highest BCUT2D eigenvalue weighted by molar-refractivity contribution is 5.58. The van der Waals surface area contributed by atoms with Gasteiger partial charge in [-0.2, -0.15) is 4.98 Å². The summed E-state index contributed by atoms with van der Waals surface area (Å²) in [4.78, 5) is 14.1. The van der Waals surface area contributed by atoms with Gasteiger partial charge in [0, 0.05) is 43.6 Å². The summed E-state index contributed by atoms with van der Waals surface area (Å²) in [6.45, 7) is 12.1. The zero-order valence-electron chi connectivity index (χ0n) is 15.3. The van der Waals surface area contributed by atoms with Crippen molar-refractivity contribution < 1.29 is 4.74 Å². The summed E-state index contributed by atoms with van der Waals surface area (Å²) in [7, 11) is 0. The molecule has 3 rings (SSSR count). The van der Waals surface area contributed by atoms with Gasteiger partial charge in [-0.15, -0.1) is 0 Å². The van der Waals surface area contributed by atoms with Gasteiger partial charge in [0.05, 0.1) is 6.61 Å². The predicted octanol–water partition coefficient (Wildman–Crippen LogP) is 3.07. The molecule has 6 nitrogen and oxygen atoms in total. The van der Waals surface area contributed by atoms with E-state index in [0.29, 0.717) is 6.61 Å². The van der Waals surface area contributed by atoms with Crippen molar-refractivity contribution in [3.05, 3.63) is 36.0 Å². The average Bonchev–Trinajstić information content (AvgIpc) is 2.63. The Hall–Kier alpha value is -2.34. The molecule has 0 aliphatic carbocycles. The second kappa shape index (κ2) is 8.16. The molecule has 2 aromatic rings. The lowest BCUT2D eigenvalue weighted by atomic mass is 10.3. The van der Waals surface area contributed by atoms with Crippen molar-refractivity contribution in [1.82, 2.24) is 14.9 Å². The third kappa shape index (κ3) is 4.60. The molecule has 0 bridgehead atoms. The van der Waals surface area contributed by atoms with Gasteiger partial charge < -0.3 is 19.9 Å². The van der Waals surface area contributed by atoms with Crippen LogP contribution in [0.1, 0.15) is 19.5 Å². The molecule has 1 aromatic heterocycles. The summed E-state index contributed by atoms with van der Waals surface area (Å²) in [5, 5.41) is 3.37. The van der Waals surface area contributed by atoms with Crippen LogP contribution in [0.15, 0.2) is 30.3 Å². The molecule has 1 fully saturated rings. The van der Waals surface area contributed by atoms with Gasteiger partial charge in [0.25, 0.3) is 0 Å². The highest BCUT2D eigenvalue weighted by atomic mass is 16.5. The first kappa shape index (κ1) is 17.5. The van der Waals surface area contributed by atoms with E-state index in [4.69, 9.17) is 9.72 Å². The Morgan fingerprint density at radius 3 is 2.40 bits per heavy atom. The fraction of sp³-hybridized carbons (Fsp3) is 0.474. The molecular weight excluding hydrogens is 314 g/mol. The van der Waals surface area contributed by atoms with Crippen molar-refractivity contribution >= 4 is 17.5 Å². The van der Waals surface area contributed by atoms with Gasteiger partial charge in [0.2, 0.25) is 5.95 Å². The minimum Gasteiger partial charge on any atom is -0.494 e. The van der Waals surface area contributed by atoms with E-state index in [9.17, 15) is 0 Å². The topological polar surface area (TPSA) is 53.5 Å². The second-order valence-corrected chi connectivity index (χ2v) is 6.20. The molecule has 134 valence electrons. The minimum atomic E-state index is 0.673. The molecule has 0 saturated carbocycles. The monoisotopic (exact) mass is 341 g/mol. The van der Waals surface area contributed by atoms with Crippen LogP contribution < -0.4 is 15.0 Å². The largest absolute Gasteiger partial charge is 0.494 e. The normalized spacial score (nSPS) is 15.2. The molecule has 1 aliphatic heterocycles. The van der Waals surface area contributed by atoms with Crippen LogP contribution >= 0.6 is 0 Å². The third-order valence-electron chi connectivity index (χ3n) is 4.38. The lowest BCUT2D eigenvalue weighted by molar-refractivity contribution is 0.270. The number of likely N-dealkylation sites (N-methyl/N-ethyl adjacent to an activating group) is 1. The molecule has 1 aromatic carbocycles. The number of anilines is 3. The molecule has 6 heteroatoms. The van der Waals surface area contributed by atoms with E-state index < -0.39 is 0 Å². The number of aryl methyl sites for hydroxylation is 1. The molecule has 0 amide bonds. The smallest absolute Gasteiger partial charge is 0.227 e. The van der Waals surface area contributed by atoms with Crippen LogP contribution in [0.4, 0.5) is 17.5 Å². The van der Waals surface area contributed by atoms with E-state index >= 15 is 0 Å². The number of rotatable bonds is 6. The third-order valence-corrected chi connectivity index (χ3v) is 4.38. The van der Waals surface area contributed by atoms with Gasteiger partial charge in [-0.1, -0.05) is 6.92 Å². The Bertz CT molecular complexity index is 681. The molecule has 1 aliphatic rings. The standard InChI is InChI=1S/C19H27N5O/c1-4-23-10-12-24(13-11-23)19-20-15(3)14-18(22-19)21-16-6-8-17(9-7-16)25-5-2/h6-9,14H,4-5,10-13H2,1-3H3,(H,20,21,22). The maximum atomic E-state index is 5.48. The van der Waals surface area contributed by atoms with Gasteiger partial charge in [0.1, 0.15) is 11.6 Å². The van der Waals surface area contributed by atoms with Crippen molar-refractivity contribution in [3.63, 3.8) is 0 Å². The molecule has 2 heterocycles. The first-order valence-corrected chi connectivity index (χ1v) is 9.00. The van der Waals surface area contributed by atoms with Crippen molar-refractivity contribution in [1.29, 1.82) is 0 Å². The highest BCUT2D eigenvalue weighted by Gasteiger charge is 2.18. The molecule has 25 heavy (non-hydrogen) atoms. The van der Waals surface area contributed by atoms with Crippen molar-refractivity contribution in [2.45, 2.75) is 20.8 Å². The minimum absolute atomic E-state index is 0.673. The van der Waals surface area contributed by atoms with Gasteiger partial charge in [-0.3, -0.25) is 0 Å². The number of benzene rings is 1. The number of hydrogen-bond donors (Lipinski definition) is 1. The lowest BCUT2D eigenvalue weighted by Crippen LogP contribution is -2.46. The quantitative estimate of drug-likeness (QED) is 0.871. The Morgan fingerprint density at radius 1 is 1.04 bits per heavy atom. The first-order chi connectivity index (χ1) is 12.2. The van der Waals surface area contributed by atoms with E-state index in [0.717, 1.165) is 61.6 Å². The number of nitrogens with one attached hydrogen (secondary N) is 1. The van der Waals surface area contributed by atoms with Crippen LogP contribution in [-0.2, 0) is 0 Å². The van der Waals surface area contributed by atoms with Gasteiger partial charge in [-0.25, -0.2) is 4.98 Å². The van der Waals surface area contributed by atoms with Crippen LogP contribution in [0.5, 0.6) is 5.75 Å². The number of aromatic nitrogens is 2. The van der Waals surface area contributed by atoms with Gasteiger partial charge in [0.15, 0.2) is 0 Å². The fourth-order valence-electron chi connectivity index (χ4n) is 2.97. The zero-order chi connectivity index (χ0) is 17.6. The predicted molar refractivity (Wildman–Crippen MR) is 102 cm³/mol. The van der Waals surface area contributed by atoms with E-state index in [1.165, 1.54) is 0 Å². The SMILES string of the molecule is CCOc1ccc(Nc2cc(C)nc(N3CCN(CC)CC3)n2)cc1. The molecule has 0 radical (unpaired) electrons. The molecule has 1 N–H and O–H groups in total. The van der Waals surface area contributed by atoms with E-state index in [1.54, 1.807) is 0 Å². The van der Waals surface area contributed by atoms with Crippen LogP contribution in [0.2, 0.25) is 0 Å². The second-order valence-electron chi connectivity index (χ2n) is 6.20. The van der Waals surface area contributed by atoms with Crippen LogP contribution in [0.25, 0.3) is 0 Å². The number of hydrogen-bond acceptors (Lipinski definition) is 6. The average molecular weight is 341 g/mol. The highest BCUT2D eigenvalue weighted by Crippen LogP contribution is 2.21. The molecular formula is C19H27N5O. The number of piperazine rings is 1. The van der Waals surface area contributed by atoms with Crippen molar-refractivity contribution in [3.8, 4) is 5.75 Å². The zero-order valence-corrected chi connectivity index (χ0v) is 15.3. The summed E-state index contributed by atoms with van der Waals surface area (Å²) in [6, 6.07) is 9.90. The maximum absolute atomic E-state index is 5.48. The molecule has 0 spiro atoms. The fourth-order valence-corrected chi connectivity index (χ4v) is 2.97. The van der Waals surface area contributed by atoms with Crippen molar-refractivity contribution in [2.75, 3.05) is 49.5 Å². The Kier molecular flexibility index (Phi) is 5.71. The van der Waals surface area contributed by atoms with Crippen LogP contribution in [0.3, 0.4) is 0 Å². The van der Waals surface area contributed by atoms with E-state index in [2.05, 4.69) is 27.0 Å². The summed E-state index contributed by atoms with van der Waals surface area (Å²) in [5.74, 6) is 2.51.